The molecule has 2 aromatic carbocycles. The highest BCUT2D eigenvalue weighted by molar-refractivity contribution is 8.16. The Morgan fingerprint density at radius 2 is 1.73 bits per heavy atom. The molecule has 0 fully saturated rings. The lowest BCUT2D eigenvalue weighted by molar-refractivity contribution is 0.196. The van der Waals surface area contributed by atoms with Gasteiger partial charge in [0.15, 0.2) is 0 Å². The van der Waals surface area contributed by atoms with Crippen LogP contribution in [0, 0.1) is 0 Å². The zero-order valence-electron chi connectivity index (χ0n) is 12.2. The fourth-order valence-corrected chi connectivity index (χ4v) is 4.22. The first-order valence-corrected chi connectivity index (χ1v) is 9.22. The maximum absolute atomic E-state index is 10.7. The first-order chi connectivity index (χ1) is 10.8. The van der Waals surface area contributed by atoms with E-state index in [-0.39, 0.29) is 4.58 Å². The molecule has 1 heterocycles. The Kier molecular flexibility index (Phi) is 5.03. The molecular weight excluding hydrogens is 310 g/mol. The van der Waals surface area contributed by atoms with Crippen LogP contribution < -0.4 is 0 Å². The van der Waals surface area contributed by atoms with Crippen molar-refractivity contribution in [3.63, 3.8) is 0 Å². The van der Waals surface area contributed by atoms with Gasteiger partial charge in [-0.25, -0.2) is 4.98 Å². The Hall–Kier alpha value is -1.49. The smallest absolute Gasteiger partial charge is 0.100 e. The van der Waals surface area contributed by atoms with Crippen molar-refractivity contribution in [3.8, 4) is 0 Å². The molecule has 2 nitrogen and oxygen atoms in total. The molecule has 0 aliphatic carbocycles. The summed E-state index contributed by atoms with van der Waals surface area (Å²) >= 11 is 3.24. The predicted molar refractivity (Wildman–Crippen MR) is 96.3 cm³/mol. The Balaban J connectivity index is 1.84. The zero-order valence-corrected chi connectivity index (χ0v) is 13.8. The third-order valence-corrected chi connectivity index (χ3v) is 6.04. The Bertz CT molecular complexity index is 748. The van der Waals surface area contributed by atoms with Crippen LogP contribution in [0.15, 0.2) is 71.9 Å². The van der Waals surface area contributed by atoms with Crippen LogP contribution in [0.3, 0.4) is 0 Å². The number of hydrogen-bond donors (Lipinski definition) is 1. The van der Waals surface area contributed by atoms with Gasteiger partial charge in [0.25, 0.3) is 0 Å². The monoisotopic (exact) mass is 327 g/mol. The summed E-state index contributed by atoms with van der Waals surface area (Å²) in [5.41, 5.74) is 0.946. The van der Waals surface area contributed by atoms with Gasteiger partial charge < -0.3 is 5.11 Å². The van der Waals surface area contributed by atoms with Crippen LogP contribution >= 0.6 is 23.5 Å². The van der Waals surface area contributed by atoms with Crippen LogP contribution in [0.1, 0.15) is 11.7 Å². The van der Waals surface area contributed by atoms with Gasteiger partial charge in [0.1, 0.15) is 6.10 Å². The minimum Gasteiger partial charge on any atom is -0.386 e. The van der Waals surface area contributed by atoms with Gasteiger partial charge in [-0.2, -0.15) is 0 Å². The van der Waals surface area contributed by atoms with Gasteiger partial charge in [-0.05, 0) is 40.8 Å². The molecule has 22 heavy (non-hydrogen) atoms. The highest BCUT2D eigenvalue weighted by atomic mass is 32.2. The van der Waals surface area contributed by atoms with E-state index in [0.717, 1.165) is 16.0 Å². The van der Waals surface area contributed by atoms with E-state index >= 15 is 0 Å². The first-order valence-electron chi connectivity index (χ1n) is 7.05. The highest BCUT2D eigenvalue weighted by Gasteiger charge is 2.22. The summed E-state index contributed by atoms with van der Waals surface area (Å²) in [5, 5.41) is 14.0. The number of nitrogens with zero attached hydrogens (tertiary/aromatic N) is 1. The molecule has 4 heteroatoms. The van der Waals surface area contributed by atoms with Crippen molar-refractivity contribution in [1.82, 2.24) is 4.98 Å². The van der Waals surface area contributed by atoms with Crippen molar-refractivity contribution < 1.29 is 5.11 Å². The quantitative estimate of drug-likeness (QED) is 0.541. The maximum Gasteiger partial charge on any atom is 0.100 e. The van der Waals surface area contributed by atoms with Gasteiger partial charge in [-0.1, -0.05) is 54.2 Å². The second-order valence-corrected chi connectivity index (χ2v) is 7.38. The number of aromatic nitrogens is 1. The van der Waals surface area contributed by atoms with Crippen LogP contribution in [0.5, 0.6) is 0 Å². The van der Waals surface area contributed by atoms with Crippen molar-refractivity contribution in [2.45, 2.75) is 15.7 Å². The largest absolute Gasteiger partial charge is 0.386 e. The van der Waals surface area contributed by atoms with Crippen molar-refractivity contribution >= 4 is 34.3 Å². The minimum absolute atomic E-state index is 0.0102. The van der Waals surface area contributed by atoms with Gasteiger partial charge in [-0.3, -0.25) is 0 Å². The summed E-state index contributed by atoms with van der Waals surface area (Å²) in [4.78, 5) is 4.33. The van der Waals surface area contributed by atoms with Crippen LogP contribution in [0.2, 0.25) is 0 Å². The van der Waals surface area contributed by atoms with Crippen molar-refractivity contribution in [3.05, 3.63) is 72.4 Å². The molecule has 0 unspecified atom stereocenters. The number of thioether (sulfide) groups is 2. The van der Waals surface area contributed by atoms with Crippen LogP contribution in [0.25, 0.3) is 10.8 Å². The number of rotatable bonds is 5. The van der Waals surface area contributed by atoms with Gasteiger partial charge in [-0.15, -0.1) is 11.8 Å². The summed E-state index contributed by atoms with van der Waals surface area (Å²) < 4.78 is 0.0102. The fourth-order valence-electron chi connectivity index (χ4n) is 2.33. The molecule has 0 radical (unpaired) electrons. The van der Waals surface area contributed by atoms with Crippen LogP contribution in [-0.4, -0.2) is 20.9 Å². The summed E-state index contributed by atoms with van der Waals surface area (Å²) in [7, 11) is 0. The van der Waals surface area contributed by atoms with E-state index in [1.165, 1.54) is 5.39 Å². The number of pyridine rings is 1. The van der Waals surface area contributed by atoms with Crippen molar-refractivity contribution in [1.29, 1.82) is 0 Å². The Morgan fingerprint density at radius 1 is 0.955 bits per heavy atom. The molecule has 0 saturated carbocycles. The average molecular weight is 327 g/mol. The third kappa shape index (κ3) is 3.46. The van der Waals surface area contributed by atoms with E-state index in [1.54, 1.807) is 29.7 Å². The average Bonchev–Trinajstić information content (AvgIpc) is 2.59. The van der Waals surface area contributed by atoms with Gasteiger partial charge >= 0.3 is 0 Å². The molecule has 0 saturated heterocycles. The maximum atomic E-state index is 10.7. The predicted octanol–water partition coefficient (Wildman–Crippen LogP) is 4.75. The topological polar surface area (TPSA) is 33.1 Å². The molecule has 2 atom stereocenters. The third-order valence-electron chi connectivity index (χ3n) is 3.48. The number of aliphatic hydroxyl groups is 1. The Morgan fingerprint density at radius 3 is 2.45 bits per heavy atom. The molecular formula is C18H17NOS2. The van der Waals surface area contributed by atoms with Gasteiger partial charge in [0, 0.05) is 6.20 Å². The first kappa shape index (κ1) is 15.4. The van der Waals surface area contributed by atoms with E-state index in [9.17, 15) is 5.11 Å². The van der Waals surface area contributed by atoms with E-state index < -0.39 is 6.10 Å². The number of benzene rings is 2. The summed E-state index contributed by atoms with van der Waals surface area (Å²) in [6.45, 7) is 0. The summed E-state index contributed by atoms with van der Waals surface area (Å²) in [6.07, 6.45) is 3.26. The molecule has 3 rings (SSSR count). The molecule has 0 amide bonds. The van der Waals surface area contributed by atoms with Crippen LogP contribution in [0.4, 0.5) is 0 Å². The molecule has 0 spiro atoms. The van der Waals surface area contributed by atoms with E-state index in [0.29, 0.717) is 0 Å². The highest BCUT2D eigenvalue weighted by Crippen LogP contribution is 2.37. The van der Waals surface area contributed by atoms with Gasteiger partial charge in [0.2, 0.25) is 0 Å². The minimum atomic E-state index is -0.536. The molecule has 112 valence electrons. The number of fused-ring (bicyclic) bond motifs is 1. The lowest BCUT2D eigenvalue weighted by Gasteiger charge is -2.21. The van der Waals surface area contributed by atoms with E-state index in [2.05, 4.69) is 29.2 Å². The number of hydrogen-bond acceptors (Lipinski definition) is 4. The van der Waals surface area contributed by atoms with Crippen LogP contribution in [-0.2, 0) is 0 Å². The zero-order chi connectivity index (χ0) is 15.4. The normalized spacial score (nSPS) is 13.9. The van der Waals surface area contributed by atoms with Gasteiger partial charge in [0.05, 0.1) is 9.61 Å². The molecule has 0 aliphatic rings. The molecule has 1 aromatic heterocycles. The lowest BCUT2D eigenvalue weighted by Crippen LogP contribution is -2.11. The van der Waals surface area contributed by atoms with Crippen molar-refractivity contribution in [2.24, 2.45) is 0 Å². The second kappa shape index (κ2) is 7.18. The standard InChI is InChI=1S/C18H17NOS2/c1-21-18(22-16-8-4-5-11-19-16)17(20)15-10-9-13-6-2-3-7-14(13)12-15/h2-12,17-18,20H,1H3/t17-,18+/m1/s1. The summed E-state index contributed by atoms with van der Waals surface area (Å²) in [5.74, 6) is 0. The SMILES string of the molecule is CS[C@@H](Sc1ccccn1)[C@H](O)c1ccc2ccccc2c1. The molecule has 0 aliphatic heterocycles. The summed E-state index contributed by atoms with van der Waals surface area (Å²) in [6, 6.07) is 20.2. The Labute approximate surface area is 139 Å². The molecule has 1 N–H and O–H groups in total. The molecule has 3 aromatic rings. The van der Waals surface area contributed by atoms with E-state index in [1.807, 2.05) is 42.7 Å². The lowest BCUT2D eigenvalue weighted by atomic mass is 10.0. The fraction of sp³-hybridized carbons (Fsp3) is 0.167. The number of aliphatic hydroxyl groups excluding tert-OH is 1. The second-order valence-electron chi connectivity index (χ2n) is 4.94. The van der Waals surface area contributed by atoms with Crippen molar-refractivity contribution in [2.75, 3.05) is 6.26 Å². The van der Waals surface area contributed by atoms with E-state index in [4.69, 9.17) is 0 Å². The molecule has 0 bridgehead atoms.